The van der Waals surface area contributed by atoms with Gasteiger partial charge in [0.05, 0.1) is 12.6 Å². The zero-order chi connectivity index (χ0) is 28.1. The molecule has 2 aliphatic heterocycles. The Bertz CT molecular complexity index is 1310. The van der Waals surface area contributed by atoms with E-state index >= 15 is 0 Å². The van der Waals surface area contributed by atoms with Gasteiger partial charge in [-0.25, -0.2) is 0 Å². The van der Waals surface area contributed by atoms with E-state index < -0.39 is 5.54 Å². The zero-order valence-electron chi connectivity index (χ0n) is 23.4. The molecule has 2 heterocycles. The maximum absolute atomic E-state index is 14.1. The number of piperidine rings is 1. The summed E-state index contributed by atoms with van der Waals surface area (Å²) in [7, 11) is 1.78. The van der Waals surface area contributed by atoms with Crippen molar-refractivity contribution in [3.05, 3.63) is 102 Å². The van der Waals surface area contributed by atoms with Gasteiger partial charge in [-0.1, -0.05) is 85.8 Å². The number of likely N-dealkylation sites (tertiary alicyclic amines) is 1. The van der Waals surface area contributed by atoms with Gasteiger partial charge in [0.2, 0.25) is 11.8 Å². The van der Waals surface area contributed by atoms with Crippen molar-refractivity contribution in [2.45, 2.75) is 44.2 Å². The molecule has 7 heteroatoms. The maximum Gasteiger partial charge on any atom is 0.250 e. The fourth-order valence-corrected chi connectivity index (χ4v) is 6.11. The summed E-state index contributed by atoms with van der Waals surface area (Å²) in [6.07, 6.45) is 1.79. The van der Waals surface area contributed by atoms with Crippen LogP contribution in [0, 0.1) is 0 Å². The van der Waals surface area contributed by atoms with Gasteiger partial charge in [0, 0.05) is 32.4 Å². The first-order valence-corrected chi connectivity index (χ1v) is 14.2. The fourth-order valence-electron chi connectivity index (χ4n) is 6.11. The number of likely N-dealkylation sites (N-methyl/N-ethyl adjacent to an activating group) is 1. The van der Waals surface area contributed by atoms with Crippen molar-refractivity contribution < 1.29 is 14.4 Å². The molecule has 208 valence electrons. The number of anilines is 1. The molecule has 0 aromatic heterocycles. The summed E-state index contributed by atoms with van der Waals surface area (Å²) in [6, 6.07) is 29.7. The second-order valence-corrected chi connectivity index (χ2v) is 10.9. The van der Waals surface area contributed by atoms with Crippen LogP contribution in [0.1, 0.15) is 43.2 Å². The van der Waals surface area contributed by atoms with Gasteiger partial charge in [0.25, 0.3) is 5.91 Å². The highest BCUT2D eigenvalue weighted by Gasteiger charge is 2.54. The number of hydrogen-bond acceptors (Lipinski definition) is 4. The number of carbonyl (C=O) groups excluding carboxylic acids is 3. The average molecular weight is 539 g/mol. The first-order chi connectivity index (χ1) is 19.4. The van der Waals surface area contributed by atoms with E-state index in [4.69, 9.17) is 0 Å². The lowest BCUT2D eigenvalue weighted by molar-refractivity contribution is -0.142. The largest absolute Gasteiger partial charge is 0.342 e. The van der Waals surface area contributed by atoms with Crippen molar-refractivity contribution >= 4 is 23.4 Å². The molecule has 2 aliphatic rings. The van der Waals surface area contributed by atoms with Crippen LogP contribution in [-0.4, -0.2) is 71.3 Å². The molecule has 7 nitrogen and oxygen atoms in total. The SMILES string of the molecule is CCC(C(=O)N1CCC2(CC1)C(=O)N(CC(=O)N(C)Cc1ccccc1)CN2c1ccccc1)c1ccccc1. The molecule has 1 spiro atoms. The van der Waals surface area contributed by atoms with Crippen molar-refractivity contribution in [1.82, 2.24) is 14.7 Å². The normalized spacial score (nSPS) is 17.2. The third kappa shape index (κ3) is 5.46. The molecule has 3 aromatic carbocycles. The number of nitrogens with zero attached hydrogens (tertiary/aromatic N) is 4. The maximum atomic E-state index is 14.1. The molecule has 0 saturated carbocycles. The van der Waals surface area contributed by atoms with Gasteiger partial charge in [-0.05, 0) is 42.5 Å². The summed E-state index contributed by atoms with van der Waals surface area (Å²) in [5.74, 6) is -0.188. The van der Waals surface area contributed by atoms with Gasteiger partial charge >= 0.3 is 0 Å². The Kier molecular flexibility index (Phi) is 8.19. The van der Waals surface area contributed by atoms with E-state index in [2.05, 4.69) is 4.90 Å². The lowest BCUT2D eigenvalue weighted by atomic mass is 9.84. The number of rotatable bonds is 8. The van der Waals surface area contributed by atoms with Gasteiger partial charge in [-0.3, -0.25) is 14.4 Å². The van der Waals surface area contributed by atoms with Crippen molar-refractivity contribution in [3.8, 4) is 0 Å². The third-order valence-electron chi connectivity index (χ3n) is 8.41. The Labute approximate surface area is 237 Å². The van der Waals surface area contributed by atoms with Crippen LogP contribution in [0.15, 0.2) is 91.0 Å². The Balaban J connectivity index is 1.32. The quantitative estimate of drug-likeness (QED) is 0.424. The Morgan fingerprint density at radius 3 is 2.05 bits per heavy atom. The molecular weight excluding hydrogens is 500 g/mol. The number of benzene rings is 3. The van der Waals surface area contributed by atoms with E-state index in [1.54, 1.807) is 16.8 Å². The standard InChI is InChI=1S/C33H38N4O3/c1-3-29(27-15-9-5-10-16-27)31(39)35-21-19-33(20-22-35)32(40)36(25-37(33)28-17-11-6-12-18-28)24-30(38)34(2)23-26-13-7-4-8-14-26/h4-18,29H,3,19-25H2,1-2H3. The van der Waals surface area contributed by atoms with Crippen molar-refractivity contribution in [1.29, 1.82) is 0 Å². The second kappa shape index (κ2) is 11.9. The predicted octanol–water partition coefficient (Wildman–Crippen LogP) is 4.51. The molecule has 2 saturated heterocycles. The number of hydrogen-bond donors (Lipinski definition) is 0. The molecule has 3 aromatic rings. The van der Waals surface area contributed by atoms with E-state index in [1.807, 2.05) is 103 Å². The Morgan fingerprint density at radius 1 is 0.875 bits per heavy atom. The van der Waals surface area contributed by atoms with Gasteiger partial charge in [-0.2, -0.15) is 0 Å². The van der Waals surface area contributed by atoms with Crippen LogP contribution in [0.5, 0.6) is 0 Å². The van der Waals surface area contributed by atoms with Crippen molar-refractivity contribution in [3.63, 3.8) is 0 Å². The van der Waals surface area contributed by atoms with Crippen LogP contribution in [0.2, 0.25) is 0 Å². The van der Waals surface area contributed by atoms with E-state index in [-0.39, 0.29) is 30.2 Å². The highest BCUT2D eigenvalue weighted by Crippen LogP contribution is 2.40. The molecule has 0 radical (unpaired) electrons. The lowest BCUT2D eigenvalue weighted by Crippen LogP contribution is -2.58. The smallest absolute Gasteiger partial charge is 0.250 e. The summed E-state index contributed by atoms with van der Waals surface area (Å²) >= 11 is 0. The Hall–Kier alpha value is -4.13. The minimum atomic E-state index is -0.773. The molecule has 3 amide bonds. The molecular formula is C33H38N4O3. The summed E-state index contributed by atoms with van der Waals surface area (Å²) in [4.78, 5) is 48.3. The minimum absolute atomic E-state index is 0.0278. The third-order valence-corrected chi connectivity index (χ3v) is 8.41. The Morgan fingerprint density at radius 2 is 1.45 bits per heavy atom. The molecule has 1 atom stereocenters. The minimum Gasteiger partial charge on any atom is -0.342 e. The van der Waals surface area contributed by atoms with E-state index in [0.717, 1.165) is 23.2 Å². The molecule has 40 heavy (non-hydrogen) atoms. The monoisotopic (exact) mass is 538 g/mol. The summed E-state index contributed by atoms with van der Waals surface area (Å²) in [5, 5.41) is 0. The first-order valence-electron chi connectivity index (χ1n) is 14.2. The van der Waals surface area contributed by atoms with E-state index in [0.29, 0.717) is 39.1 Å². The van der Waals surface area contributed by atoms with Crippen LogP contribution >= 0.6 is 0 Å². The number of amides is 3. The zero-order valence-corrected chi connectivity index (χ0v) is 23.4. The molecule has 0 bridgehead atoms. The second-order valence-electron chi connectivity index (χ2n) is 10.9. The van der Waals surface area contributed by atoms with Crippen LogP contribution in [-0.2, 0) is 20.9 Å². The van der Waals surface area contributed by atoms with Crippen LogP contribution in [0.3, 0.4) is 0 Å². The highest BCUT2D eigenvalue weighted by molar-refractivity contribution is 5.96. The number of carbonyl (C=O) groups is 3. The van der Waals surface area contributed by atoms with E-state index in [1.165, 1.54) is 0 Å². The van der Waals surface area contributed by atoms with Crippen molar-refractivity contribution in [2.24, 2.45) is 0 Å². The van der Waals surface area contributed by atoms with E-state index in [9.17, 15) is 14.4 Å². The topological polar surface area (TPSA) is 64.2 Å². The van der Waals surface area contributed by atoms with Crippen LogP contribution in [0.25, 0.3) is 0 Å². The molecule has 1 unspecified atom stereocenters. The fraction of sp³-hybridized carbons (Fsp3) is 0.364. The molecule has 5 rings (SSSR count). The lowest BCUT2D eigenvalue weighted by Gasteiger charge is -2.44. The summed E-state index contributed by atoms with van der Waals surface area (Å²) in [5.41, 5.74) is 2.26. The molecule has 0 N–H and O–H groups in total. The number of para-hydroxylation sites is 1. The van der Waals surface area contributed by atoms with Gasteiger partial charge < -0.3 is 19.6 Å². The van der Waals surface area contributed by atoms with Gasteiger partial charge in [0.1, 0.15) is 12.1 Å². The highest BCUT2D eigenvalue weighted by atomic mass is 16.2. The van der Waals surface area contributed by atoms with Gasteiger partial charge in [-0.15, -0.1) is 0 Å². The summed E-state index contributed by atoms with van der Waals surface area (Å²) < 4.78 is 0. The van der Waals surface area contributed by atoms with Crippen LogP contribution < -0.4 is 4.90 Å². The van der Waals surface area contributed by atoms with Gasteiger partial charge in [0.15, 0.2) is 0 Å². The van der Waals surface area contributed by atoms with Crippen molar-refractivity contribution in [2.75, 3.05) is 38.3 Å². The average Bonchev–Trinajstić information content (AvgIpc) is 3.25. The molecule has 2 fully saturated rings. The first kappa shape index (κ1) is 27.4. The summed E-state index contributed by atoms with van der Waals surface area (Å²) in [6.45, 7) is 3.93. The van der Waals surface area contributed by atoms with Crippen LogP contribution in [0.4, 0.5) is 5.69 Å². The predicted molar refractivity (Wildman–Crippen MR) is 156 cm³/mol. The molecule has 0 aliphatic carbocycles.